The molecule has 1 rings (SSSR count). The van der Waals surface area contributed by atoms with Crippen LogP contribution in [-0.2, 0) is 13.8 Å². The number of rotatable bonds is 7. The first-order valence-electron chi connectivity index (χ1n) is 6.21. The van der Waals surface area contributed by atoms with E-state index in [2.05, 4.69) is 5.32 Å². The minimum Gasteiger partial charge on any atom is -0.385 e. The zero-order chi connectivity index (χ0) is 15.3. The Kier molecular flexibility index (Phi) is 6.04. The predicted molar refractivity (Wildman–Crippen MR) is 76.7 cm³/mol. The van der Waals surface area contributed by atoms with E-state index in [1.165, 1.54) is 12.3 Å². The third-order valence-electron chi connectivity index (χ3n) is 2.70. The van der Waals surface area contributed by atoms with Gasteiger partial charge in [-0.25, -0.2) is 8.42 Å². The third kappa shape index (κ3) is 4.50. The summed E-state index contributed by atoms with van der Waals surface area (Å²) >= 11 is 0. The van der Waals surface area contributed by atoms with Crippen LogP contribution < -0.4 is 5.32 Å². The van der Waals surface area contributed by atoms with Crippen LogP contribution in [0.2, 0.25) is 0 Å². The summed E-state index contributed by atoms with van der Waals surface area (Å²) in [6.45, 7) is 4.71. The molecule has 0 unspecified atom stereocenters. The summed E-state index contributed by atoms with van der Waals surface area (Å²) in [5.41, 5.74) is 0.275. The lowest BCUT2D eigenvalue weighted by atomic mass is 10.3. The van der Waals surface area contributed by atoms with Crippen molar-refractivity contribution in [1.29, 1.82) is 0 Å². The Morgan fingerprint density at radius 3 is 2.65 bits per heavy atom. The Bertz CT molecular complexity index is 566. The summed E-state index contributed by atoms with van der Waals surface area (Å²) in [5.74, 6) is -0.332. The van der Waals surface area contributed by atoms with Crippen LogP contribution in [0.25, 0.3) is 0 Å². The van der Waals surface area contributed by atoms with Gasteiger partial charge in [0.1, 0.15) is 10.6 Å². The number of amides is 1. The van der Waals surface area contributed by atoms with Gasteiger partial charge in [-0.1, -0.05) is 0 Å². The van der Waals surface area contributed by atoms with E-state index < -0.39 is 9.05 Å². The topological polar surface area (TPSA) is 77.4 Å². The normalized spacial score (nSPS) is 11.8. The largest absolute Gasteiger partial charge is 0.385 e. The fourth-order valence-electron chi connectivity index (χ4n) is 1.71. The van der Waals surface area contributed by atoms with Crippen molar-refractivity contribution in [2.75, 3.05) is 20.3 Å². The zero-order valence-corrected chi connectivity index (χ0v) is 13.3. The summed E-state index contributed by atoms with van der Waals surface area (Å²) in [6, 6.07) is 1.23. The van der Waals surface area contributed by atoms with Gasteiger partial charge in [0.15, 0.2) is 0 Å². The second-order valence-corrected chi connectivity index (χ2v) is 7.17. The Morgan fingerprint density at radius 2 is 2.15 bits per heavy atom. The fraction of sp³-hybridized carbons (Fsp3) is 0.583. The van der Waals surface area contributed by atoms with Crippen LogP contribution in [0.1, 0.15) is 36.8 Å². The maximum Gasteiger partial charge on any atom is 0.267 e. The minimum atomic E-state index is -3.85. The molecule has 20 heavy (non-hydrogen) atoms. The van der Waals surface area contributed by atoms with Crippen molar-refractivity contribution in [2.24, 2.45) is 0 Å². The smallest absolute Gasteiger partial charge is 0.267 e. The number of aromatic nitrogens is 1. The van der Waals surface area contributed by atoms with Gasteiger partial charge in [-0.2, -0.15) is 0 Å². The molecule has 0 spiro atoms. The molecule has 0 atom stereocenters. The number of nitrogens with one attached hydrogen (secondary N) is 1. The lowest BCUT2D eigenvalue weighted by molar-refractivity contribution is 0.0938. The van der Waals surface area contributed by atoms with Gasteiger partial charge < -0.3 is 14.6 Å². The highest BCUT2D eigenvalue weighted by Crippen LogP contribution is 2.21. The molecule has 0 saturated carbocycles. The van der Waals surface area contributed by atoms with E-state index in [1.54, 1.807) is 11.7 Å². The summed E-state index contributed by atoms with van der Waals surface area (Å²) < 4.78 is 29.2. The van der Waals surface area contributed by atoms with Gasteiger partial charge in [0.25, 0.3) is 15.0 Å². The third-order valence-corrected chi connectivity index (χ3v) is 4.03. The summed E-state index contributed by atoms with van der Waals surface area (Å²) in [7, 11) is 3.05. The SMILES string of the molecule is COCCCNC(=O)c1cc(S(=O)(=O)Cl)cn1C(C)C. The molecule has 0 aliphatic rings. The molecule has 0 aliphatic heterocycles. The van der Waals surface area contributed by atoms with Gasteiger partial charge in [-0.05, 0) is 26.3 Å². The molecular formula is C12H19ClN2O4S. The minimum absolute atomic E-state index is 0.0538. The van der Waals surface area contributed by atoms with Crippen LogP contribution >= 0.6 is 10.7 Å². The first kappa shape index (κ1) is 17.0. The lowest BCUT2D eigenvalue weighted by Crippen LogP contribution is -2.27. The molecule has 0 fully saturated rings. The van der Waals surface area contributed by atoms with E-state index in [0.717, 1.165) is 0 Å². The number of carbonyl (C=O) groups is 1. The number of hydrogen-bond acceptors (Lipinski definition) is 4. The Balaban J connectivity index is 2.92. The van der Waals surface area contributed by atoms with Crippen molar-refractivity contribution < 1.29 is 17.9 Å². The highest BCUT2D eigenvalue weighted by atomic mass is 35.7. The molecule has 1 aromatic rings. The van der Waals surface area contributed by atoms with Crippen molar-refractivity contribution in [1.82, 2.24) is 9.88 Å². The lowest BCUT2D eigenvalue weighted by Gasteiger charge is -2.12. The molecule has 0 radical (unpaired) electrons. The quantitative estimate of drug-likeness (QED) is 0.613. The van der Waals surface area contributed by atoms with Gasteiger partial charge in [0.05, 0.1) is 0 Å². The van der Waals surface area contributed by atoms with Crippen molar-refractivity contribution in [3.05, 3.63) is 18.0 Å². The maximum absolute atomic E-state index is 12.1. The van der Waals surface area contributed by atoms with Crippen LogP contribution in [-0.4, -0.2) is 39.2 Å². The standard InChI is InChI=1S/C12H19ClN2O4S/c1-9(2)15-8-10(20(13,17)18)7-11(15)12(16)14-5-4-6-19-3/h7-9H,4-6H2,1-3H3,(H,14,16). The molecule has 0 saturated heterocycles. The molecule has 1 amide bonds. The molecule has 1 aromatic heterocycles. The highest BCUT2D eigenvalue weighted by molar-refractivity contribution is 8.13. The number of methoxy groups -OCH3 is 1. The first-order valence-corrected chi connectivity index (χ1v) is 8.52. The predicted octanol–water partition coefficient (Wildman–Crippen LogP) is 1.76. The Morgan fingerprint density at radius 1 is 1.50 bits per heavy atom. The Hall–Kier alpha value is -1.05. The summed E-state index contributed by atoms with van der Waals surface area (Å²) in [4.78, 5) is 12.0. The van der Waals surface area contributed by atoms with E-state index in [0.29, 0.717) is 19.6 Å². The van der Waals surface area contributed by atoms with Crippen molar-refractivity contribution in [2.45, 2.75) is 31.2 Å². The van der Waals surface area contributed by atoms with Gasteiger partial charge in [0.2, 0.25) is 0 Å². The molecule has 114 valence electrons. The van der Waals surface area contributed by atoms with E-state index in [-0.39, 0.29) is 22.5 Å². The van der Waals surface area contributed by atoms with Crippen LogP contribution in [0.4, 0.5) is 0 Å². The summed E-state index contributed by atoms with van der Waals surface area (Å²) in [6.07, 6.45) is 2.06. The van der Waals surface area contributed by atoms with Gasteiger partial charge in [-0.15, -0.1) is 0 Å². The molecular weight excluding hydrogens is 304 g/mol. The number of halogens is 1. The van der Waals surface area contributed by atoms with Gasteiger partial charge in [-0.3, -0.25) is 4.79 Å². The van der Waals surface area contributed by atoms with Crippen molar-refractivity contribution in [3.8, 4) is 0 Å². The monoisotopic (exact) mass is 322 g/mol. The molecule has 0 bridgehead atoms. The average molecular weight is 323 g/mol. The van der Waals surface area contributed by atoms with Crippen LogP contribution in [0, 0.1) is 0 Å². The van der Waals surface area contributed by atoms with Gasteiger partial charge in [0, 0.05) is 43.2 Å². The fourth-order valence-corrected chi connectivity index (χ4v) is 2.45. The number of nitrogens with zero attached hydrogens (tertiary/aromatic N) is 1. The van der Waals surface area contributed by atoms with E-state index in [4.69, 9.17) is 15.4 Å². The van der Waals surface area contributed by atoms with E-state index >= 15 is 0 Å². The van der Waals surface area contributed by atoms with Crippen LogP contribution in [0.3, 0.4) is 0 Å². The van der Waals surface area contributed by atoms with Gasteiger partial charge >= 0.3 is 0 Å². The summed E-state index contributed by atoms with van der Waals surface area (Å²) in [5, 5.41) is 2.72. The zero-order valence-electron chi connectivity index (χ0n) is 11.7. The molecule has 0 aliphatic carbocycles. The highest BCUT2D eigenvalue weighted by Gasteiger charge is 2.20. The van der Waals surface area contributed by atoms with Crippen molar-refractivity contribution in [3.63, 3.8) is 0 Å². The van der Waals surface area contributed by atoms with Crippen molar-refractivity contribution >= 4 is 25.6 Å². The molecule has 8 heteroatoms. The van der Waals surface area contributed by atoms with E-state index in [9.17, 15) is 13.2 Å². The number of ether oxygens (including phenoxy) is 1. The number of carbonyl (C=O) groups excluding carboxylic acids is 1. The maximum atomic E-state index is 12.1. The molecule has 1 N–H and O–H groups in total. The van der Waals surface area contributed by atoms with Crippen LogP contribution in [0.15, 0.2) is 17.2 Å². The first-order chi connectivity index (χ1) is 9.27. The number of hydrogen-bond donors (Lipinski definition) is 1. The molecule has 1 heterocycles. The van der Waals surface area contributed by atoms with Crippen LogP contribution in [0.5, 0.6) is 0 Å². The van der Waals surface area contributed by atoms with E-state index in [1.807, 2.05) is 13.8 Å². The molecule has 0 aromatic carbocycles. The average Bonchev–Trinajstić information content (AvgIpc) is 2.79. The second-order valence-electron chi connectivity index (χ2n) is 4.60. The molecule has 6 nitrogen and oxygen atoms in total. The Labute approximate surface area is 123 Å². The second kappa shape index (κ2) is 7.10.